The Morgan fingerprint density at radius 2 is 1.80 bits per heavy atom. The molecule has 0 saturated heterocycles. The molecule has 0 fully saturated rings. The number of nitrogens with one attached hydrogen (secondary N) is 1. The molecule has 0 amide bonds. The molecule has 0 saturated carbocycles. The Morgan fingerprint density at radius 3 is 2.40 bits per heavy atom. The maximum atomic E-state index is 12.3. The van der Waals surface area contributed by atoms with Crippen LogP contribution in [0.5, 0.6) is 5.75 Å². The molecule has 2 aromatic rings. The standard InChI is InChI=1S/C11H8F3NO3SSi/c12-11(13,14)19(16,17)18-8-4-1-2-5-9(8)20-10-6-3-7-15-10/h1-7,15H. The number of alkyl halides is 3. The van der Waals surface area contributed by atoms with Crippen molar-refractivity contribution in [3.63, 3.8) is 0 Å². The van der Waals surface area contributed by atoms with Gasteiger partial charge in [-0.1, -0.05) is 18.2 Å². The van der Waals surface area contributed by atoms with E-state index >= 15 is 0 Å². The predicted molar refractivity (Wildman–Crippen MR) is 67.9 cm³/mol. The summed E-state index contributed by atoms with van der Waals surface area (Å²) in [6.45, 7) is 0. The van der Waals surface area contributed by atoms with E-state index in [-0.39, 0.29) is 15.3 Å². The van der Waals surface area contributed by atoms with Gasteiger partial charge in [0.05, 0.1) is 0 Å². The van der Waals surface area contributed by atoms with Gasteiger partial charge in [-0.25, -0.2) is 0 Å². The molecule has 0 bridgehead atoms. The second-order valence-corrected chi connectivity index (χ2v) is 6.55. The van der Waals surface area contributed by atoms with Gasteiger partial charge in [0, 0.05) is 6.20 Å². The maximum absolute atomic E-state index is 12.3. The van der Waals surface area contributed by atoms with Crippen LogP contribution in [0, 0.1) is 0 Å². The normalized spacial score (nSPS) is 12.3. The van der Waals surface area contributed by atoms with Crippen LogP contribution in [0.1, 0.15) is 0 Å². The Labute approximate surface area is 115 Å². The number of halogens is 3. The van der Waals surface area contributed by atoms with Crippen LogP contribution >= 0.6 is 0 Å². The summed E-state index contributed by atoms with van der Waals surface area (Å²) in [5.41, 5.74) is -5.45. The summed E-state index contributed by atoms with van der Waals surface area (Å²) in [5, 5.41) is 1.12. The highest BCUT2D eigenvalue weighted by Gasteiger charge is 2.48. The van der Waals surface area contributed by atoms with Crippen molar-refractivity contribution in [2.75, 3.05) is 0 Å². The number of hydrogen-bond acceptors (Lipinski definition) is 3. The molecule has 20 heavy (non-hydrogen) atoms. The third kappa shape index (κ3) is 3.22. The second-order valence-electron chi connectivity index (χ2n) is 3.69. The number of aromatic amines is 1. The average molecular weight is 319 g/mol. The van der Waals surface area contributed by atoms with Crippen molar-refractivity contribution in [2.24, 2.45) is 0 Å². The van der Waals surface area contributed by atoms with E-state index in [1.807, 2.05) is 0 Å². The highest BCUT2D eigenvalue weighted by molar-refractivity contribution is 7.88. The van der Waals surface area contributed by atoms with E-state index in [1.54, 1.807) is 24.4 Å². The lowest BCUT2D eigenvalue weighted by Gasteiger charge is -2.12. The molecule has 106 valence electrons. The Kier molecular flexibility index (Phi) is 3.91. The van der Waals surface area contributed by atoms with E-state index in [4.69, 9.17) is 0 Å². The fourth-order valence-corrected chi connectivity index (χ4v) is 2.97. The Morgan fingerprint density at radius 1 is 1.10 bits per heavy atom. The third-order valence-corrected chi connectivity index (χ3v) is 4.47. The Hall–Kier alpha value is -1.74. The first-order valence-corrected chi connectivity index (χ1v) is 7.70. The molecule has 2 radical (unpaired) electrons. The van der Waals surface area contributed by atoms with Gasteiger partial charge < -0.3 is 9.17 Å². The van der Waals surface area contributed by atoms with Crippen LogP contribution in [0.3, 0.4) is 0 Å². The van der Waals surface area contributed by atoms with Crippen LogP contribution in [-0.4, -0.2) is 28.4 Å². The van der Waals surface area contributed by atoms with Gasteiger partial charge in [-0.3, -0.25) is 0 Å². The minimum absolute atomic E-state index is 0.0430. The summed E-state index contributed by atoms with van der Waals surface area (Å²) in [6, 6.07) is 9.18. The molecule has 2 rings (SSSR count). The first-order valence-electron chi connectivity index (χ1n) is 5.30. The molecule has 0 atom stereocenters. The molecule has 0 aliphatic heterocycles. The van der Waals surface area contributed by atoms with Crippen molar-refractivity contribution in [1.29, 1.82) is 0 Å². The summed E-state index contributed by atoms with van der Waals surface area (Å²) in [4.78, 5) is 2.89. The highest BCUT2D eigenvalue weighted by Crippen LogP contribution is 2.25. The maximum Gasteiger partial charge on any atom is 0.534 e. The third-order valence-electron chi connectivity index (χ3n) is 2.24. The van der Waals surface area contributed by atoms with Crippen LogP contribution in [0.15, 0.2) is 42.6 Å². The molecule has 4 nitrogen and oxygen atoms in total. The van der Waals surface area contributed by atoms with E-state index in [9.17, 15) is 21.6 Å². The number of para-hydroxylation sites is 1. The van der Waals surface area contributed by atoms with Crippen LogP contribution in [0.4, 0.5) is 13.2 Å². The number of rotatable bonds is 4. The first kappa shape index (κ1) is 14.7. The molecule has 0 unspecified atom stereocenters. The summed E-state index contributed by atoms with van der Waals surface area (Å²) >= 11 is 0. The van der Waals surface area contributed by atoms with Crippen molar-refractivity contribution in [3.8, 4) is 5.75 Å². The fraction of sp³-hybridized carbons (Fsp3) is 0.0909. The monoisotopic (exact) mass is 319 g/mol. The molecule has 9 heteroatoms. The summed E-state index contributed by atoms with van der Waals surface area (Å²) < 4.78 is 63.2. The number of benzene rings is 1. The zero-order valence-electron chi connectivity index (χ0n) is 9.81. The molecule has 0 aliphatic carbocycles. The summed E-state index contributed by atoms with van der Waals surface area (Å²) in [6.07, 6.45) is 1.66. The number of aromatic nitrogens is 1. The lowest BCUT2D eigenvalue weighted by Crippen LogP contribution is -2.33. The van der Waals surface area contributed by atoms with Crippen molar-refractivity contribution >= 4 is 30.1 Å². The summed E-state index contributed by atoms with van der Waals surface area (Å²) in [7, 11) is -5.70. The van der Waals surface area contributed by atoms with E-state index in [0.29, 0.717) is 5.19 Å². The van der Waals surface area contributed by atoms with E-state index < -0.39 is 15.6 Å². The van der Waals surface area contributed by atoms with Gasteiger partial charge in [0.2, 0.25) is 0 Å². The smallest absolute Gasteiger partial charge is 0.376 e. The quantitative estimate of drug-likeness (QED) is 0.517. The Bertz CT molecular complexity index is 683. The molecule has 1 heterocycles. The zero-order valence-corrected chi connectivity index (χ0v) is 11.6. The molecule has 1 N–H and O–H groups in total. The number of H-pyrrole nitrogens is 1. The first-order chi connectivity index (χ1) is 9.29. The molecule has 0 aliphatic rings. The van der Waals surface area contributed by atoms with Crippen molar-refractivity contribution in [2.45, 2.75) is 5.51 Å². The lowest BCUT2D eigenvalue weighted by molar-refractivity contribution is -0.0499. The minimum atomic E-state index is -5.66. The summed E-state index contributed by atoms with van der Waals surface area (Å²) in [5.74, 6) is -0.322. The van der Waals surface area contributed by atoms with Gasteiger partial charge in [0.25, 0.3) is 0 Å². The van der Waals surface area contributed by atoms with Gasteiger partial charge in [-0.15, -0.1) is 0 Å². The van der Waals surface area contributed by atoms with E-state index in [0.717, 1.165) is 5.32 Å². The van der Waals surface area contributed by atoms with Crippen molar-refractivity contribution < 1.29 is 25.8 Å². The lowest BCUT2D eigenvalue weighted by atomic mass is 10.3. The molecular formula is C11H8F3NO3SSi. The highest BCUT2D eigenvalue weighted by atomic mass is 32.2. The van der Waals surface area contributed by atoms with Crippen LogP contribution in [0.25, 0.3) is 0 Å². The molecule has 0 spiro atoms. The van der Waals surface area contributed by atoms with Gasteiger partial charge in [-0.2, -0.15) is 21.6 Å². The van der Waals surface area contributed by atoms with Crippen LogP contribution < -0.4 is 14.7 Å². The molecular weight excluding hydrogens is 311 g/mol. The SMILES string of the molecule is O=S(=O)(Oc1ccccc1[Si]c1ccc[nH]1)C(F)(F)F. The second kappa shape index (κ2) is 5.33. The van der Waals surface area contributed by atoms with Crippen LogP contribution in [-0.2, 0) is 10.1 Å². The van der Waals surface area contributed by atoms with Crippen molar-refractivity contribution in [3.05, 3.63) is 42.6 Å². The topological polar surface area (TPSA) is 59.2 Å². The van der Waals surface area contributed by atoms with Crippen LogP contribution in [0.2, 0.25) is 0 Å². The molecule has 1 aromatic heterocycles. The van der Waals surface area contributed by atoms with Gasteiger partial charge >= 0.3 is 15.6 Å². The predicted octanol–water partition coefficient (Wildman–Crippen LogP) is 0.898. The van der Waals surface area contributed by atoms with E-state index in [2.05, 4.69) is 9.17 Å². The van der Waals surface area contributed by atoms with Gasteiger partial charge in [0.1, 0.15) is 15.3 Å². The Balaban J connectivity index is 2.29. The average Bonchev–Trinajstić information content (AvgIpc) is 2.82. The van der Waals surface area contributed by atoms with Gasteiger partial charge in [0.15, 0.2) is 0 Å². The fourth-order valence-electron chi connectivity index (χ4n) is 1.36. The van der Waals surface area contributed by atoms with Gasteiger partial charge in [-0.05, 0) is 28.7 Å². The minimum Gasteiger partial charge on any atom is -0.376 e. The van der Waals surface area contributed by atoms with Crippen molar-refractivity contribution in [1.82, 2.24) is 4.98 Å². The zero-order chi connectivity index (χ0) is 14.8. The number of hydrogen-bond donors (Lipinski definition) is 1. The largest absolute Gasteiger partial charge is 0.534 e. The molecule has 1 aromatic carbocycles. The van der Waals surface area contributed by atoms with E-state index in [1.165, 1.54) is 18.2 Å².